The van der Waals surface area contributed by atoms with Crippen LogP contribution >= 0.6 is 0 Å². The van der Waals surface area contributed by atoms with E-state index in [-0.39, 0.29) is 6.23 Å². The minimum atomic E-state index is -0.308. The van der Waals surface area contributed by atoms with Gasteiger partial charge in [0.25, 0.3) is 0 Å². The Morgan fingerprint density at radius 2 is 0.938 bits per heavy atom. The summed E-state index contributed by atoms with van der Waals surface area (Å²) in [5, 5.41) is 8.40. The molecule has 0 radical (unpaired) electrons. The molecule has 0 spiro atoms. The van der Waals surface area contributed by atoms with E-state index in [0.29, 0.717) is 0 Å². The summed E-state index contributed by atoms with van der Waals surface area (Å²) < 4.78 is 6.81. The summed E-state index contributed by atoms with van der Waals surface area (Å²) in [5.74, 6) is 0.892. The lowest BCUT2D eigenvalue weighted by molar-refractivity contribution is 0.262. The molecule has 1 unspecified atom stereocenters. The fraction of sp³-hybridized carbons (Fsp3) is 0.0222. The van der Waals surface area contributed by atoms with Gasteiger partial charge in [-0.25, -0.2) is 0 Å². The van der Waals surface area contributed by atoms with Crippen LogP contribution in [-0.4, -0.2) is 0 Å². The number of rotatable bonds is 6. The zero-order valence-electron chi connectivity index (χ0n) is 26.3. The van der Waals surface area contributed by atoms with Crippen molar-refractivity contribution in [2.24, 2.45) is 0 Å². The first kappa shape index (κ1) is 27.9. The van der Waals surface area contributed by atoms with Crippen LogP contribution in [0.1, 0.15) is 11.8 Å². The van der Waals surface area contributed by atoms with Gasteiger partial charge in [0, 0.05) is 33.4 Å². The van der Waals surface area contributed by atoms with Crippen molar-refractivity contribution < 1.29 is 4.74 Å². The molecule has 9 rings (SSSR count). The number of nitrogens with zero attached hydrogens (tertiary/aromatic N) is 1. The average Bonchev–Trinajstić information content (AvgIpc) is 3.63. The topological polar surface area (TPSA) is 24.5 Å². The number of ether oxygens (including phenoxy) is 1. The smallest absolute Gasteiger partial charge is 0.196 e. The van der Waals surface area contributed by atoms with E-state index in [9.17, 15) is 0 Å². The van der Waals surface area contributed by atoms with Gasteiger partial charge < -0.3 is 15.0 Å². The van der Waals surface area contributed by atoms with Gasteiger partial charge in [-0.15, -0.1) is 0 Å². The second-order valence-corrected chi connectivity index (χ2v) is 12.2. The Balaban J connectivity index is 1.17. The summed E-state index contributed by atoms with van der Waals surface area (Å²) in [6, 6.07) is 64.4. The molecule has 1 atom stereocenters. The first-order valence-electron chi connectivity index (χ1n) is 16.4. The molecule has 3 heteroatoms. The lowest BCUT2D eigenvalue weighted by Gasteiger charge is -2.26. The number of nitrogens with one attached hydrogen (secondary N) is 1. The standard InChI is InChI=1S/C45H32N2O/c1-4-13-31(14-5-1)33-23-25-37(26-24-33)47(36-19-8-3-9-20-36)38-27-28-40-39-21-10-11-22-41(39)44-43(42(40)30-38)46-45(48-44)35-18-12-17-34(29-35)32-15-6-2-7-16-32/h1-30,45-46H. The Morgan fingerprint density at radius 1 is 0.396 bits per heavy atom. The third-order valence-electron chi connectivity index (χ3n) is 9.27. The molecule has 1 N–H and O–H groups in total. The van der Waals surface area contributed by atoms with Crippen molar-refractivity contribution in [2.45, 2.75) is 6.23 Å². The van der Waals surface area contributed by atoms with Crippen molar-refractivity contribution >= 4 is 44.3 Å². The lowest BCUT2D eigenvalue weighted by atomic mass is 9.98. The fourth-order valence-corrected chi connectivity index (χ4v) is 6.95. The molecule has 8 aromatic carbocycles. The summed E-state index contributed by atoms with van der Waals surface area (Å²) in [6.45, 7) is 0. The zero-order valence-corrected chi connectivity index (χ0v) is 26.3. The van der Waals surface area contributed by atoms with E-state index in [0.717, 1.165) is 44.8 Å². The zero-order chi connectivity index (χ0) is 31.9. The molecular formula is C45H32N2O. The third-order valence-corrected chi connectivity index (χ3v) is 9.27. The van der Waals surface area contributed by atoms with E-state index in [4.69, 9.17) is 4.74 Å². The Labute approximate surface area is 280 Å². The molecule has 0 bridgehead atoms. The maximum absolute atomic E-state index is 6.81. The maximum Gasteiger partial charge on any atom is 0.196 e. The molecule has 3 nitrogen and oxygen atoms in total. The van der Waals surface area contributed by atoms with Crippen molar-refractivity contribution in [1.82, 2.24) is 0 Å². The highest BCUT2D eigenvalue weighted by molar-refractivity contribution is 6.18. The Bertz CT molecular complexity index is 2390. The fourth-order valence-electron chi connectivity index (χ4n) is 6.95. The van der Waals surface area contributed by atoms with Crippen molar-refractivity contribution in [3.63, 3.8) is 0 Å². The van der Waals surface area contributed by atoms with E-state index < -0.39 is 0 Å². The van der Waals surface area contributed by atoms with Gasteiger partial charge in [0.05, 0.1) is 5.69 Å². The Morgan fingerprint density at radius 3 is 1.67 bits per heavy atom. The van der Waals surface area contributed by atoms with Crippen LogP contribution in [0.5, 0.6) is 5.75 Å². The number of hydrogen-bond donors (Lipinski definition) is 1. The van der Waals surface area contributed by atoms with Crippen LogP contribution in [0.3, 0.4) is 0 Å². The van der Waals surface area contributed by atoms with Crippen LogP contribution in [0, 0.1) is 0 Å². The van der Waals surface area contributed by atoms with Crippen molar-refractivity contribution in [3.05, 3.63) is 188 Å². The van der Waals surface area contributed by atoms with Gasteiger partial charge in [-0.2, -0.15) is 0 Å². The van der Waals surface area contributed by atoms with E-state index in [1.807, 2.05) is 0 Å². The normalized spacial score (nSPS) is 13.5. The molecule has 1 heterocycles. The highest BCUT2D eigenvalue weighted by Crippen LogP contribution is 2.50. The van der Waals surface area contributed by atoms with E-state index >= 15 is 0 Å². The van der Waals surface area contributed by atoms with Gasteiger partial charge in [-0.1, -0.05) is 140 Å². The molecule has 1 aliphatic rings. The predicted molar refractivity (Wildman–Crippen MR) is 200 cm³/mol. The minimum absolute atomic E-state index is 0.308. The van der Waals surface area contributed by atoms with Gasteiger partial charge in [0.1, 0.15) is 0 Å². The van der Waals surface area contributed by atoms with Gasteiger partial charge >= 0.3 is 0 Å². The molecule has 0 fully saturated rings. The largest absolute Gasteiger partial charge is 0.464 e. The van der Waals surface area contributed by atoms with Crippen LogP contribution < -0.4 is 15.0 Å². The van der Waals surface area contributed by atoms with Gasteiger partial charge in [-0.05, 0) is 75.5 Å². The van der Waals surface area contributed by atoms with E-state index in [1.165, 1.54) is 33.0 Å². The predicted octanol–water partition coefficient (Wildman–Crippen LogP) is 12.3. The number of hydrogen-bond acceptors (Lipinski definition) is 3. The van der Waals surface area contributed by atoms with Crippen LogP contribution in [0.4, 0.5) is 22.7 Å². The van der Waals surface area contributed by atoms with Crippen molar-refractivity contribution in [2.75, 3.05) is 10.2 Å². The molecule has 8 aromatic rings. The van der Waals surface area contributed by atoms with Gasteiger partial charge in [-0.3, -0.25) is 0 Å². The highest BCUT2D eigenvalue weighted by atomic mass is 16.5. The summed E-state index contributed by atoms with van der Waals surface area (Å²) in [4.78, 5) is 2.33. The molecule has 0 saturated carbocycles. The molecule has 0 saturated heterocycles. The number of fused-ring (bicyclic) bond motifs is 6. The molecule has 0 aliphatic carbocycles. The first-order valence-corrected chi connectivity index (χ1v) is 16.4. The highest BCUT2D eigenvalue weighted by Gasteiger charge is 2.29. The molecule has 0 aromatic heterocycles. The molecule has 0 amide bonds. The van der Waals surface area contributed by atoms with Crippen LogP contribution in [0.2, 0.25) is 0 Å². The summed E-state index contributed by atoms with van der Waals surface area (Å²) >= 11 is 0. The number of benzene rings is 8. The Kier molecular flexibility index (Phi) is 6.87. The molecular weight excluding hydrogens is 585 g/mol. The van der Waals surface area contributed by atoms with Gasteiger partial charge in [0.2, 0.25) is 0 Å². The Hall–Kier alpha value is -6.32. The molecule has 228 valence electrons. The minimum Gasteiger partial charge on any atom is -0.464 e. The summed E-state index contributed by atoms with van der Waals surface area (Å²) in [5.41, 5.74) is 10.1. The molecule has 1 aliphatic heterocycles. The number of anilines is 4. The number of para-hydroxylation sites is 1. The second kappa shape index (κ2) is 11.8. The van der Waals surface area contributed by atoms with Crippen LogP contribution in [0.15, 0.2) is 182 Å². The third kappa shape index (κ3) is 4.94. The van der Waals surface area contributed by atoms with E-state index in [2.05, 4.69) is 192 Å². The van der Waals surface area contributed by atoms with Crippen LogP contribution in [-0.2, 0) is 0 Å². The summed E-state index contributed by atoms with van der Waals surface area (Å²) in [7, 11) is 0. The van der Waals surface area contributed by atoms with Crippen LogP contribution in [0.25, 0.3) is 43.8 Å². The first-order chi connectivity index (χ1) is 23.8. The van der Waals surface area contributed by atoms with Crippen molar-refractivity contribution in [1.29, 1.82) is 0 Å². The van der Waals surface area contributed by atoms with Crippen molar-refractivity contribution in [3.8, 4) is 28.0 Å². The SMILES string of the molecule is c1ccc(-c2ccc(N(c3ccccc3)c3ccc4c(c3)c3c(c5ccccc54)OC(c4cccc(-c5ccccc5)c4)N3)cc2)cc1. The van der Waals surface area contributed by atoms with E-state index in [1.54, 1.807) is 0 Å². The average molecular weight is 617 g/mol. The van der Waals surface area contributed by atoms with Gasteiger partial charge in [0.15, 0.2) is 12.0 Å². The quantitative estimate of drug-likeness (QED) is 0.188. The molecule has 48 heavy (non-hydrogen) atoms. The monoisotopic (exact) mass is 616 g/mol. The lowest BCUT2D eigenvalue weighted by Crippen LogP contribution is -2.10. The summed E-state index contributed by atoms with van der Waals surface area (Å²) in [6.07, 6.45) is -0.308. The maximum atomic E-state index is 6.81. The second-order valence-electron chi connectivity index (χ2n) is 12.2.